The van der Waals surface area contributed by atoms with Crippen molar-refractivity contribution in [2.24, 2.45) is 5.73 Å². The first kappa shape index (κ1) is 17.6. The van der Waals surface area contributed by atoms with Gasteiger partial charge in [-0.2, -0.15) is 0 Å². The zero-order valence-electron chi connectivity index (χ0n) is 14.4. The molecule has 4 N–H and O–H groups in total. The van der Waals surface area contributed by atoms with Crippen LogP contribution in [0.1, 0.15) is 21.5 Å². The third-order valence-corrected chi connectivity index (χ3v) is 4.68. The van der Waals surface area contributed by atoms with Crippen LogP contribution in [0.25, 0.3) is 11.3 Å². The standard InChI is InChI=1S/C19H18N4O2S/c1-11-6-7-13(8-12(11)2)16-10-26-19(22-16)23-17(24)14-4-3-5-15(9-14)21-18(20)25/h3-10H,1-2H3,(H3,20,21,25)(H,22,23,24). The largest absolute Gasteiger partial charge is 0.351 e. The zero-order chi connectivity index (χ0) is 18.7. The van der Waals surface area contributed by atoms with Crippen LogP contribution < -0.4 is 16.4 Å². The van der Waals surface area contributed by atoms with E-state index < -0.39 is 6.03 Å². The summed E-state index contributed by atoms with van der Waals surface area (Å²) in [7, 11) is 0. The SMILES string of the molecule is Cc1ccc(-c2csc(NC(=O)c3cccc(NC(N)=O)c3)n2)cc1C. The monoisotopic (exact) mass is 366 g/mol. The van der Waals surface area contributed by atoms with Gasteiger partial charge < -0.3 is 11.1 Å². The summed E-state index contributed by atoms with van der Waals surface area (Å²) in [5.74, 6) is -0.306. The highest BCUT2D eigenvalue weighted by atomic mass is 32.1. The Morgan fingerprint density at radius 1 is 1.04 bits per heavy atom. The van der Waals surface area contributed by atoms with E-state index in [0.717, 1.165) is 11.3 Å². The third-order valence-electron chi connectivity index (χ3n) is 3.92. The summed E-state index contributed by atoms with van der Waals surface area (Å²) < 4.78 is 0. The number of nitrogens with zero attached hydrogens (tertiary/aromatic N) is 1. The number of hydrogen-bond donors (Lipinski definition) is 3. The number of hydrogen-bond acceptors (Lipinski definition) is 4. The Labute approximate surface area is 155 Å². The van der Waals surface area contributed by atoms with Gasteiger partial charge in [0, 0.05) is 22.2 Å². The van der Waals surface area contributed by atoms with E-state index in [9.17, 15) is 9.59 Å². The minimum atomic E-state index is -0.680. The van der Waals surface area contributed by atoms with Crippen LogP contribution in [0.15, 0.2) is 47.8 Å². The molecule has 0 bridgehead atoms. The molecule has 0 unspecified atom stereocenters. The molecule has 1 heterocycles. The van der Waals surface area contributed by atoms with Crippen molar-refractivity contribution in [2.75, 3.05) is 10.6 Å². The first-order chi connectivity index (χ1) is 12.4. The van der Waals surface area contributed by atoms with E-state index in [1.165, 1.54) is 22.5 Å². The van der Waals surface area contributed by atoms with E-state index in [1.807, 2.05) is 11.4 Å². The molecule has 26 heavy (non-hydrogen) atoms. The highest BCUT2D eigenvalue weighted by molar-refractivity contribution is 7.14. The number of urea groups is 1. The summed E-state index contributed by atoms with van der Waals surface area (Å²) in [6.45, 7) is 4.12. The number of aromatic nitrogens is 1. The van der Waals surface area contributed by atoms with Crippen molar-refractivity contribution in [1.29, 1.82) is 0 Å². The van der Waals surface area contributed by atoms with Crippen LogP contribution in [0.4, 0.5) is 15.6 Å². The molecule has 0 radical (unpaired) electrons. The highest BCUT2D eigenvalue weighted by Gasteiger charge is 2.11. The molecule has 0 saturated heterocycles. The van der Waals surface area contributed by atoms with Gasteiger partial charge in [0.05, 0.1) is 5.69 Å². The van der Waals surface area contributed by atoms with E-state index in [4.69, 9.17) is 5.73 Å². The molecule has 7 heteroatoms. The molecular weight excluding hydrogens is 348 g/mol. The average molecular weight is 366 g/mol. The highest BCUT2D eigenvalue weighted by Crippen LogP contribution is 2.26. The van der Waals surface area contributed by atoms with E-state index in [2.05, 4.69) is 41.6 Å². The quantitative estimate of drug-likeness (QED) is 0.646. The summed E-state index contributed by atoms with van der Waals surface area (Å²) in [4.78, 5) is 27.8. The second-order valence-corrected chi connectivity index (χ2v) is 6.72. The maximum absolute atomic E-state index is 12.4. The normalized spacial score (nSPS) is 10.4. The molecule has 3 aromatic rings. The van der Waals surface area contributed by atoms with Crippen molar-refractivity contribution in [3.8, 4) is 11.3 Å². The lowest BCUT2D eigenvalue weighted by molar-refractivity contribution is 0.102. The maximum Gasteiger partial charge on any atom is 0.316 e. The molecule has 0 aliphatic rings. The molecule has 0 aliphatic carbocycles. The first-order valence-electron chi connectivity index (χ1n) is 7.93. The number of thiazole rings is 1. The number of anilines is 2. The predicted molar refractivity (Wildman–Crippen MR) is 105 cm³/mol. The number of nitrogens with two attached hydrogens (primary N) is 1. The number of rotatable bonds is 4. The van der Waals surface area contributed by atoms with Crippen molar-refractivity contribution < 1.29 is 9.59 Å². The molecule has 0 spiro atoms. The fourth-order valence-electron chi connectivity index (χ4n) is 2.41. The Balaban J connectivity index is 1.75. The lowest BCUT2D eigenvalue weighted by Gasteiger charge is -2.05. The number of carbonyl (C=O) groups is 2. The number of primary amides is 1. The molecule has 3 rings (SSSR count). The predicted octanol–water partition coefficient (Wildman–Crippen LogP) is 4.17. The van der Waals surface area contributed by atoms with Crippen LogP contribution in [0.5, 0.6) is 0 Å². The van der Waals surface area contributed by atoms with Crippen molar-refractivity contribution in [3.05, 3.63) is 64.5 Å². The fourth-order valence-corrected chi connectivity index (χ4v) is 3.13. The second kappa shape index (κ2) is 7.37. The Kier molecular flexibility index (Phi) is 4.99. The zero-order valence-corrected chi connectivity index (χ0v) is 15.2. The van der Waals surface area contributed by atoms with Gasteiger partial charge in [-0.05, 0) is 49.2 Å². The summed E-state index contributed by atoms with van der Waals surface area (Å²) in [6.07, 6.45) is 0. The van der Waals surface area contributed by atoms with Gasteiger partial charge in [0.2, 0.25) is 0 Å². The van der Waals surface area contributed by atoms with Gasteiger partial charge in [-0.15, -0.1) is 11.3 Å². The van der Waals surface area contributed by atoms with Crippen LogP contribution in [0, 0.1) is 13.8 Å². The van der Waals surface area contributed by atoms with Crippen molar-refractivity contribution in [3.63, 3.8) is 0 Å². The van der Waals surface area contributed by atoms with Crippen LogP contribution in [0.3, 0.4) is 0 Å². The third kappa shape index (κ3) is 4.07. The molecule has 6 nitrogen and oxygen atoms in total. The van der Waals surface area contributed by atoms with Gasteiger partial charge in [-0.3, -0.25) is 10.1 Å². The summed E-state index contributed by atoms with van der Waals surface area (Å²) in [6, 6.07) is 12.0. The minimum absolute atomic E-state index is 0.306. The van der Waals surface area contributed by atoms with Gasteiger partial charge in [0.1, 0.15) is 0 Å². The smallest absolute Gasteiger partial charge is 0.316 e. The van der Waals surface area contributed by atoms with E-state index in [1.54, 1.807) is 24.3 Å². The Morgan fingerprint density at radius 2 is 1.85 bits per heavy atom. The number of benzene rings is 2. The number of aryl methyl sites for hydroxylation is 2. The average Bonchev–Trinajstić information content (AvgIpc) is 3.05. The molecule has 1 aromatic heterocycles. The molecule has 0 aliphatic heterocycles. The summed E-state index contributed by atoms with van der Waals surface area (Å²) in [5, 5.41) is 7.64. The van der Waals surface area contributed by atoms with Crippen LogP contribution in [-0.4, -0.2) is 16.9 Å². The topological polar surface area (TPSA) is 97.1 Å². The Hall–Kier alpha value is -3.19. The number of amides is 3. The van der Waals surface area contributed by atoms with Gasteiger partial charge in [-0.25, -0.2) is 9.78 Å². The van der Waals surface area contributed by atoms with Gasteiger partial charge in [-0.1, -0.05) is 18.2 Å². The number of nitrogens with one attached hydrogen (secondary N) is 2. The van der Waals surface area contributed by atoms with E-state index >= 15 is 0 Å². The number of carbonyl (C=O) groups excluding carboxylic acids is 2. The summed E-state index contributed by atoms with van der Waals surface area (Å²) >= 11 is 1.36. The van der Waals surface area contributed by atoms with Crippen LogP contribution in [-0.2, 0) is 0 Å². The Bertz CT molecular complexity index is 981. The lowest BCUT2D eigenvalue weighted by Crippen LogP contribution is -2.19. The molecule has 0 saturated carbocycles. The molecule has 2 aromatic carbocycles. The van der Waals surface area contributed by atoms with Crippen molar-refractivity contribution >= 4 is 34.1 Å². The molecular formula is C19H18N4O2S. The van der Waals surface area contributed by atoms with Crippen LogP contribution >= 0.6 is 11.3 Å². The van der Waals surface area contributed by atoms with Gasteiger partial charge >= 0.3 is 6.03 Å². The van der Waals surface area contributed by atoms with Crippen LogP contribution in [0.2, 0.25) is 0 Å². The second-order valence-electron chi connectivity index (χ2n) is 5.86. The first-order valence-corrected chi connectivity index (χ1v) is 8.81. The van der Waals surface area contributed by atoms with Gasteiger partial charge in [0.15, 0.2) is 5.13 Å². The van der Waals surface area contributed by atoms with Crippen molar-refractivity contribution in [2.45, 2.75) is 13.8 Å². The molecule has 3 amide bonds. The maximum atomic E-state index is 12.4. The lowest BCUT2D eigenvalue weighted by atomic mass is 10.1. The van der Waals surface area contributed by atoms with Crippen molar-refractivity contribution in [1.82, 2.24) is 4.98 Å². The Morgan fingerprint density at radius 3 is 2.58 bits per heavy atom. The molecule has 0 atom stereocenters. The van der Waals surface area contributed by atoms with E-state index in [-0.39, 0.29) is 5.91 Å². The molecule has 0 fully saturated rings. The summed E-state index contributed by atoms with van der Waals surface area (Å²) in [5.41, 5.74) is 10.2. The van der Waals surface area contributed by atoms with E-state index in [0.29, 0.717) is 16.4 Å². The van der Waals surface area contributed by atoms with Gasteiger partial charge in [0.25, 0.3) is 5.91 Å². The minimum Gasteiger partial charge on any atom is -0.351 e. The fraction of sp³-hybridized carbons (Fsp3) is 0.105. The molecule has 132 valence electrons.